The Kier molecular flexibility index (Phi) is 6.61. The van der Waals surface area contributed by atoms with Crippen LogP contribution >= 0.6 is 11.6 Å². The van der Waals surface area contributed by atoms with Crippen molar-refractivity contribution in [2.75, 3.05) is 5.32 Å². The molecule has 1 N–H and O–H groups in total. The number of hydrogen-bond acceptors (Lipinski definition) is 4. The second kappa shape index (κ2) is 9.33. The first-order chi connectivity index (χ1) is 13.5. The number of nitrogens with zero attached hydrogens (tertiary/aromatic N) is 3. The van der Waals surface area contributed by atoms with E-state index >= 15 is 0 Å². The van der Waals surface area contributed by atoms with Gasteiger partial charge in [0.2, 0.25) is 0 Å². The van der Waals surface area contributed by atoms with Crippen LogP contribution in [0, 0.1) is 0 Å². The summed E-state index contributed by atoms with van der Waals surface area (Å²) in [6.07, 6.45) is 0. The van der Waals surface area contributed by atoms with Gasteiger partial charge in [-0.15, -0.1) is 10.2 Å². The number of nitrogens with one attached hydrogen (secondary N) is 1. The van der Waals surface area contributed by atoms with E-state index in [-0.39, 0.29) is 11.9 Å². The second-order valence-electron chi connectivity index (χ2n) is 6.80. The van der Waals surface area contributed by atoms with Gasteiger partial charge in [0.15, 0.2) is 5.69 Å². The summed E-state index contributed by atoms with van der Waals surface area (Å²) < 4.78 is 0. The zero-order valence-corrected chi connectivity index (χ0v) is 16.7. The van der Waals surface area contributed by atoms with Crippen LogP contribution in [0.3, 0.4) is 0 Å². The van der Waals surface area contributed by atoms with Gasteiger partial charge in [0.25, 0.3) is 5.91 Å². The molecule has 0 spiro atoms. The first kappa shape index (κ1) is 19.8. The van der Waals surface area contributed by atoms with Crippen LogP contribution in [0.15, 0.2) is 66.7 Å². The van der Waals surface area contributed by atoms with Gasteiger partial charge in [-0.1, -0.05) is 54.1 Å². The van der Waals surface area contributed by atoms with Crippen LogP contribution in [0.1, 0.15) is 35.5 Å². The smallest absolute Gasteiger partial charge is 0.274 e. The van der Waals surface area contributed by atoms with Crippen LogP contribution in [-0.4, -0.2) is 27.0 Å². The highest BCUT2D eigenvalue weighted by Crippen LogP contribution is 2.14. The van der Waals surface area contributed by atoms with Gasteiger partial charge in [-0.2, -0.15) is 0 Å². The second-order valence-corrected chi connectivity index (χ2v) is 7.23. The zero-order chi connectivity index (χ0) is 19.9. The van der Waals surface area contributed by atoms with E-state index in [2.05, 4.69) is 15.5 Å². The van der Waals surface area contributed by atoms with E-state index in [4.69, 9.17) is 11.6 Å². The van der Waals surface area contributed by atoms with E-state index in [0.717, 1.165) is 11.1 Å². The number of carbonyl (C=O) groups excluding carboxylic acids is 1. The minimum Gasteiger partial charge on any atom is -0.365 e. The van der Waals surface area contributed by atoms with Gasteiger partial charge in [0, 0.05) is 24.2 Å². The van der Waals surface area contributed by atoms with Crippen molar-refractivity contribution in [2.45, 2.75) is 33.0 Å². The lowest BCUT2D eigenvalue weighted by atomic mass is 10.1. The maximum absolute atomic E-state index is 12.9. The number of halogens is 1. The predicted octanol–water partition coefficient (Wildman–Crippen LogP) is 4.79. The third-order valence-electron chi connectivity index (χ3n) is 4.35. The molecule has 0 aliphatic rings. The van der Waals surface area contributed by atoms with Gasteiger partial charge in [0.05, 0.1) is 0 Å². The summed E-state index contributed by atoms with van der Waals surface area (Å²) in [5, 5.41) is 12.2. The third kappa shape index (κ3) is 5.30. The maximum atomic E-state index is 12.9. The molecule has 28 heavy (non-hydrogen) atoms. The molecule has 0 bridgehead atoms. The van der Waals surface area contributed by atoms with Gasteiger partial charge in [-0.25, -0.2) is 0 Å². The van der Waals surface area contributed by atoms with E-state index in [0.29, 0.717) is 29.6 Å². The van der Waals surface area contributed by atoms with Crippen molar-refractivity contribution in [2.24, 2.45) is 0 Å². The molecule has 0 saturated carbocycles. The Morgan fingerprint density at radius 1 is 0.964 bits per heavy atom. The van der Waals surface area contributed by atoms with Crippen LogP contribution in [0.2, 0.25) is 5.02 Å². The van der Waals surface area contributed by atoms with E-state index in [1.807, 2.05) is 68.4 Å². The Hall–Kier alpha value is -2.92. The van der Waals surface area contributed by atoms with Gasteiger partial charge in [0.1, 0.15) is 5.82 Å². The number of rotatable bonds is 7. The predicted molar refractivity (Wildman–Crippen MR) is 112 cm³/mol. The molecule has 0 radical (unpaired) electrons. The first-order valence-corrected chi connectivity index (χ1v) is 9.57. The van der Waals surface area contributed by atoms with Crippen LogP contribution in [0.4, 0.5) is 5.82 Å². The van der Waals surface area contributed by atoms with Crippen molar-refractivity contribution in [3.8, 4) is 0 Å². The highest BCUT2D eigenvalue weighted by Gasteiger charge is 2.20. The van der Waals surface area contributed by atoms with Crippen molar-refractivity contribution >= 4 is 23.3 Å². The fourth-order valence-electron chi connectivity index (χ4n) is 2.75. The highest BCUT2D eigenvalue weighted by molar-refractivity contribution is 6.30. The van der Waals surface area contributed by atoms with Crippen molar-refractivity contribution in [3.05, 3.63) is 88.6 Å². The fourth-order valence-corrected chi connectivity index (χ4v) is 2.88. The van der Waals surface area contributed by atoms with Crippen molar-refractivity contribution in [3.63, 3.8) is 0 Å². The lowest BCUT2D eigenvalue weighted by Gasteiger charge is -2.26. The largest absolute Gasteiger partial charge is 0.365 e. The van der Waals surface area contributed by atoms with E-state index in [9.17, 15) is 4.79 Å². The molecule has 1 aromatic heterocycles. The number of carbonyl (C=O) groups is 1. The monoisotopic (exact) mass is 394 g/mol. The van der Waals surface area contributed by atoms with Crippen LogP contribution in [0.5, 0.6) is 0 Å². The molecular weight excluding hydrogens is 372 g/mol. The molecule has 0 unspecified atom stereocenters. The third-order valence-corrected chi connectivity index (χ3v) is 4.60. The molecule has 3 aromatic rings. The standard InChI is InChI=1S/C22H23ClN4O/c1-16(2)27(15-18-6-4-3-5-7-18)22(28)20-12-13-21(26-25-20)24-14-17-8-10-19(23)11-9-17/h3-13,16H,14-15H2,1-2H3,(H,24,26). The lowest BCUT2D eigenvalue weighted by molar-refractivity contribution is 0.0683. The minimum atomic E-state index is -0.129. The summed E-state index contributed by atoms with van der Waals surface area (Å²) in [4.78, 5) is 14.7. The van der Waals surface area contributed by atoms with Crippen LogP contribution in [0.25, 0.3) is 0 Å². The quantitative estimate of drug-likeness (QED) is 0.625. The normalized spacial score (nSPS) is 10.7. The summed E-state index contributed by atoms with van der Waals surface area (Å²) >= 11 is 5.90. The summed E-state index contributed by atoms with van der Waals surface area (Å²) in [5.74, 6) is 0.487. The maximum Gasteiger partial charge on any atom is 0.274 e. The Morgan fingerprint density at radius 3 is 2.29 bits per heavy atom. The van der Waals surface area contributed by atoms with Crippen molar-refractivity contribution in [1.82, 2.24) is 15.1 Å². The molecular formula is C22H23ClN4O. The van der Waals surface area contributed by atoms with E-state index < -0.39 is 0 Å². The van der Waals surface area contributed by atoms with Gasteiger partial charge in [-0.05, 0) is 49.2 Å². The molecule has 5 nitrogen and oxygen atoms in total. The minimum absolute atomic E-state index is 0.0530. The molecule has 0 atom stereocenters. The molecule has 3 rings (SSSR count). The molecule has 0 aliphatic carbocycles. The SMILES string of the molecule is CC(C)N(Cc1ccccc1)C(=O)c1ccc(NCc2ccc(Cl)cc2)nn1. The van der Waals surface area contributed by atoms with Gasteiger partial charge < -0.3 is 10.2 Å². The molecule has 144 valence electrons. The van der Waals surface area contributed by atoms with Crippen molar-refractivity contribution in [1.29, 1.82) is 0 Å². The topological polar surface area (TPSA) is 58.1 Å². The Bertz CT molecular complexity index is 896. The first-order valence-electron chi connectivity index (χ1n) is 9.20. The van der Waals surface area contributed by atoms with Crippen molar-refractivity contribution < 1.29 is 4.79 Å². The summed E-state index contributed by atoms with van der Waals surface area (Å²) in [6, 6.07) is 21.1. The lowest BCUT2D eigenvalue weighted by Crippen LogP contribution is -2.37. The molecule has 0 fully saturated rings. The van der Waals surface area contributed by atoms with E-state index in [1.165, 1.54) is 0 Å². The molecule has 1 amide bonds. The zero-order valence-electron chi connectivity index (χ0n) is 16.0. The average Bonchev–Trinajstić information content (AvgIpc) is 2.72. The molecule has 0 saturated heterocycles. The fraction of sp³-hybridized carbons (Fsp3) is 0.227. The van der Waals surface area contributed by atoms with Crippen LogP contribution in [-0.2, 0) is 13.1 Å². The van der Waals surface area contributed by atoms with Crippen LogP contribution < -0.4 is 5.32 Å². The number of amides is 1. The van der Waals surface area contributed by atoms with Gasteiger partial charge >= 0.3 is 0 Å². The molecule has 0 aliphatic heterocycles. The Balaban J connectivity index is 1.65. The highest BCUT2D eigenvalue weighted by atomic mass is 35.5. The molecule has 1 heterocycles. The van der Waals surface area contributed by atoms with E-state index in [1.54, 1.807) is 17.0 Å². The van der Waals surface area contributed by atoms with Gasteiger partial charge in [-0.3, -0.25) is 4.79 Å². The number of anilines is 1. The molecule has 2 aromatic carbocycles. The summed E-state index contributed by atoms with van der Waals surface area (Å²) in [5.41, 5.74) is 2.50. The average molecular weight is 395 g/mol. The molecule has 6 heteroatoms. The Morgan fingerprint density at radius 2 is 1.68 bits per heavy atom. The summed E-state index contributed by atoms with van der Waals surface area (Å²) in [6.45, 7) is 5.13. The number of hydrogen-bond donors (Lipinski definition) is 1. The number of aromatic nitrogens is 2. The Labute approximate surface area is 170 Å². The summed E-state index contributed by atoms with van der Waals surface area (Å²) in [7, 11) is 0. The number of benzene rings is 2.